The Balaban J connectivity index is 1.81. The number of Topliss-reactive ketones (excluding diaryl/α,β-unsaturated/α-hetero) is 1. The monoisotopic (exact) mass is 529 g/mol. The van der Waals surface area contributed by atoms with E-state index in [2.05, 4.69) is 5.32 Å². The Kier molecular flexibility index (Phi) is 20.5. The Morgan fingerprint density at radius 2 is 1.51 bits per heavy atom. The molecule has 35 heavy (non-hydrogen) atoms. The minimum absolute atomic E-state index is 0.0148. The number of hydrogen-bond donors (Lipinski definition) is 1. The molecule has 0 saturated heterocycles. The average Bonchev–Trinajstić information content (AvgIpc) is 2.87. The fourth-order valence-electron chi connectivity index (χ4n) is 2.69. The molecule has 1 aromatic carbocycles. The lowest BCUT2D eigenvalue weighted by Gasteiger charge is -2.08. The van der Waals surface area contributed by atoms with Crippen molar-refractivity contribution in [2.24, 2.45) is 0 Å². The fraction of sp³-hybridized carbons (Fsp3) is 0.640. The Bertz CT molecular complexity index is 692. The van der Waals surface area contributed by atoms with Crippen LogP contribution < -0.4 is 5.32 Å². The predicted molar refractivity (Wildman–Crippen MR) is 140 cm³/mol. The third-order valence-corrected chi connectivity index (χ3v) is 6.95. The first-order chi connectivity index (χ1) is 17.1. The van der Waals surface area contributed by atoms with Crippen LogP contribution in [0.25, 0.3) is 0 Å². The van der Waals surface area contributed by atoms with Gasteiger partial charge in [-0.2, -0.15) is 0 Å². The molecule has 0 unspecified atom stereocenters. The summed E-state index contributed by atoms with van der Waals surface area (Å²) in [7, 11) is 3.24. The Hall–Kier alpha value is -1.59. The lowest BCUT2D eigenvalue weighted by Crippen LogP contribution is -2.27. The van der Waals surface area contributed by atoms with Gasteiger partial charge >= 0.3 is 5.97 Å². The maximum Gasteiger partial charge on any atom is 0.308 e. The zero-order chi connectivity index (χ0) is 25.4. The van der Waals surface area contributed by atoms with Crippen molar-refractivity contribution in [1.82, 2.24) is 5.32 Å². The van der Waals surface area contributed by atoms with Gasteiger partial charge in [0.1, 0.15) is 12.4 Å². The maximum atomic E-state index is 11.8. The van der Waals surface area contributed by atoms with Gasteiger partial charge in [-0.25, -0.2) is 0 Å². The van der Waals surface area contributed by atoms with E-state index in [1.54, 1.807) is 21.6 Å². The standard InChI is InChI=1S/C25H39NO7S2/c1-2-30-14-6-9-23(27)11-19-34-35-20-12-24(28)26-13-16-32-18-17-31-15-10-25(29)33-21-22-7-4-3-5-8-22/h3-5,7-8H,2,6,9-21H2,1H3,(H,26,28). The normalized spacial score (nSPS) is 10.8. The number of ketones is 1. The first-order valence-corrected chi connectivity index (χ1v) is 14.6. The molecule has 0 aliphatic carbocycles. The molecule has 0 bridgehead atoms. The number of carbonyl (C=O) groups excluding carboxylic acids is 3. The van der Waals surface area contributed by atoms with Crippen LogP contribution in [0, 0.1) is 0 Å². The van der Waals surface area contributed by atoms with Gasteiger partial charge in [0.15, 0.2) is 0 Å². The third kappa shape index (κ3) is 20.3. The molecular formula is C25H39NO7S2. The van der Waals surface area contributed by atoms with Crippen LogP contribution in [-0.4, -0.2) is 75.4 Å². The highest BCUT2D eigenvalue weighted by Gasteiger charge is 2.05. The highest BCUT2D eigenvalue weighted by molar-refractivity contribution is 8.76. The van der Waals surface area contributed by atoms with Crippen LogP contribution in [0.5, 0.6) is 0 Å². The molecular weight excluding hydrogens is 490 g/mol. The second-order valence-corrected chi connectivity index (χ2v) is 10.2. The first kappa shape index (κ1) is 31.4. The molecule has 0 radical (unpaired) electrons. The second kappa shape index (κ2) is 22.8. The van der Waals surface area contributed by atoms with E-state index in [-0.39, 0.29) is 37.3 Å². The van der Waals surface area contributed by atoms with Gasteiger partial charge in [-0.05, 0) is 18.9 Å². The van der Waals surface area contributed by atoms with Crippen molar-refractivity contribution in [2.75, 3.05) is 57.7 Å². The van der Waals surface area contributed by atoms with Crippen LogP contribution in [0.4, 0.5) is 0 Å². The Labute approximate surface area is 217 Å². The lowest BCUT2D eigenvalue weighted by atomic mass is 10.2. The van der Waals surface area contributed by atoms with Crippen molar-refractivity contribution in [2.45, 2.75) is 45.6 Å². The summed E-state index contributed by atoms with van der Waals surface area (Å²) >= 11 is 0. The minimum atomic E-state index is -0.295. The number of benzene rings is 1. The topological polar surface area (TPSA) is 100 Å². The summed E-state index contributed by atoms with van der Waals surface area (Å²) in [6.45, 7) is 5.45. The molecule has 1 N–H and O–H groups in total. The smallest absolute Gasteiger partial charge is 0.308 e. The Morgan fingerprint density at radius 1 is 0.800 bits per heavy atom. The quantitative estimate of drug-likeness (QED) is 0.129. The number of ether oxygens (including phenoxy) is 4. The van der Waals surface area contributed by atoms with E-state index in [4.69, 9.17) is 18.9 Å². The fourth-order valence-corrected chi connectivity index (χ4v) is 4.71. The van der Waals surface area contributed by atoms with Crippen LogP contribution in [0.15, 0.2) is 30.3 Å². The van der Waals surface area contributed by atoms with Crippen molar-refractivity contribution in [3.8, 4) is 0 Å². The summed E-state index contributed by atoms with van der Waals surface area (Å²) < 4.78 is 21.2. The summed E-state index contributed by atoms with van der Waals surface area (Å²) in [5.74, 6) is 1.43. The van der Waals surface area contributed by atoms with Crippen LogP contribution in [-0.2, 0) is 39.9 Å². The molecule has 0 spiro atoms. The molecule has 0 saturated carbocycles. The maximum absolute atomic E-state index is 11.8. The number of hydrogen-bond acceptors (Lipinski definition) is 9. The molecule has 0 aliphatic heterocycles. The number of esters is 1. The zero-order valence-electron chi connectivity index (χ0n) is 20.7. The van der Waals surface area contributed by atoms with Gasteiger partial charge in [0.05, 0.1) is 32.8 Å². The van der Waals surface area contributed by atoms with Gasteiger partial charge in [-0.1, -0.05) is 51.9 Å². The van der Waals surface area contributed by atoms with Crippen LogP contribution in [0.3, 0.4) is 0 Å². The van der Waals surface area contributed by atoms with Gasteiger partial charge in [-0.15, -0.1) is 0 Å². The van der Waals surface area contributed by atoms with E-state index in [9.17, 15) is 14.4 Å². The number of nitrogens with one attached hydrogen (secondary N) is 1. The number of amides is 1. The van der Waals surface area contributed by atoms with E-state index >= 15 is 0 Å². The highest BCUT2D eigenvalue weighted by atomic mass is 33.1. The van der Waals surface area contributed by atoms with E-state index in [1.165, 1.54) is 0 Å². The van der Waals surface area contributed by atoms with Gasteiger partial charge in [-0.3, -0.25) is 14.4 Å². The van der Waals surface area contributed by atoms with Crippen molar-refractivity contribution < 1.29 is 33.3 Å². The summed E-state index contributed by atoms with van der Waals surface area (Å²) in [6.07, 6.45) is 2.56. The Morgan fingerprint density at radius 3 is 2.26 bits per heavy atom. The molecule has 0 atom stereocenters. The summed E-state index contributed by atoms with van der Waals surface area (Å²) in [5.41, 5.74) is 0.952. The van der Waals surface area contributed by atoms with Crippen molar-refractivity contribution >= 4 is 39.2 Å². The molecule has 198 valence electrons. The van der Waals surface area contributed by atoms with Crippen LogP contribution in [0.1, 0.15) is 44.6 Å². The molecule has 0 aromatic heterocycles. The number of carbonyl (C=O) groups is 3. The number of rotatable bonds is 23. The average molecular weight is 530 g/mol. The van der Waals surface area contributed by atoms with Crippen molar-refractivity contribution in [1.29, 1.82) is 0 Å². The van der Waals surface area contributed by atoms with Crippen molar-refractivity contribution in [3.05, 3.63) is 35.9 Å². The second-order valence-electron chi connectivity index (χ2n) is 7.45. The molecule has 0 heterocycles. The molecule has 0 fully saturated rings. The molecule has 1 amide bonds. The molecule has 10 heteroatoms. The predicted octanol–water partition coefficient (Wildman–Crippen LogP) is 3.82. The summed E-state index contributed by atoms with van der Waals surface area (Å²) in [4.78, 5) is 35.2. The molecule has 8 nitrogen and oxygen atoms in total. The van der Waals surface area contributed by atoms with Crippen molar-refractivity contribution in [3.63, 3.8) is 0 Å². The zero-order valence-corrected chi connectivity index (χ0v) is 22.3. The van der Waals surface area contributed by atoms with Gasteiger partial charge in [0, 0.05) is 50.5 Å². The molecule has 1 aromatic rings. The van der Waals surface area contributed by atoms with E-state index in [0.717, 1.165) is 17.7 Å². The highest BCUT2D eigenvalue weighted by Crippen LogP contribution is 2.23. The van der Waals surface area contributed by atoms with E-state index < -0.39 is 0 Å². The van der Waals surface area contributed by atoms with Gasteiger partial charge < -0.3 is 24.3 Å². The summed E-state index contributed by atoms with van der Waals surface area (Å²) in [6, 6.07) is 9.52. The minimum Gasteiger partial charge on any atom is -0.461 e. The largest absolute Gasteiger partial charge is 0.461 e. The lowest BCUT2D eigenvalue weighted by molar-refractivity contribution is -0.146. The van der Waals surface area contributed by atoms with E-state index in [1.807, 2.05) is 37.3 Å². The molecule has 1 rings (SSSR count). The van der Waals surface area contributed by atoms with Gasteiger partial charge in [0.2, 0.25) is 5.91 Å². The van der Waals surface area contributed by atoms with Gasteiger partial charge in [0.25, 0.3) is 0 Å². The first-order valence-electron chi connectivity index (χ1n) is 12.1. The van der Waals surface area contributed by atoms with Crippen LogP contribution in [0.2, 0.25) is 0 Å². The third-order valence-electron chi connectivity index (χ3n) is 4.54. The van der Waals surface area contributed by atoms with Crippen LogP contribution >= 0.6 is 21.6 Å². The molecule has 0 aliphatic rings. The van der Waals surface area contributed by atoms with E-state index in [0.29, 0.717) is 64.6 Å². The summed E-state index contributed by atoms with van der Waals surface area (Å²) in [5, 5.41) is 2.82. The SMILES string of the molecule is CCOCCCC(=O)CCSSCCC(=O)NCCOCCOCCC(=O)OCc1ccccc1.